The number of furan rings is 1. The van der Waals surface area contributed by atoms with E-state index in [0.717, 1.165) is 47.8 Å². The normalized spacial score (nSPS) is 21.4. The third-order valence-corrected chi connectivity index (χ3v) is 5.88. The van der Waals surface area contributed by atoms with Crippen molar-refractivity contribution < 1.29 is 13.9 Å². The fraction of sp³-hybridized carbons (Fsp3) is 0.292. The summed E-state index contributed by atoms with van der Waals surface area (Å²) in [6, 6.07) is 18.3. The summed E-state index contributed by atoms with van der Waals surface area (Å²) in [4.78, 5) is 14.8. The molecular formula is C24H23NO3. The van der Waals surface area contributed by atoms with Gasteiger partial charge in [0.25, 0.3) is 0 Å². The molecule has 2 unspecified atom stereocenters. The molecule has 1 aromatic heterocycles. The molecule has 3 heterocycles. The summed E-state index contributed by atoms with van der Waals surface area (Å²) in [5.41, 5.74) is 4.36. The lowest BCUT2D eigenvalue weighted by molar-refractivity contribution is 0.0510. The Labute approximate surface area is 164 Å². The Balaban J connectivity index is 1.38. The van der Waals surface area contributed by atoms with Crippen LogP contribution in [-0.2, 0) is 11.3 Å². The lowest BCUT2D eigenvalue weighted by Crippen LogP contribution is -2.51. The molecule has 2 aliphatic rings. The average molecular weight is 373 g/mol. The van der Waals surface area contributed by atoms with E-state index >= 15 is 0 Å². The molecule has 28 heavy (non-hydrogen) atoms. The number of hydrogen-bond donors (Lipinski definition) is 0. The van der Waals surface area contributed by atoms with E-state index in [-0.39, 0.29) is 18.2 Å². The van der Waals surface area contributed by atoms with Gasteiger partial charge < -0.3 is 9.15 Å². The van der Waals surface area contributed by atoms with Gasteiger partial charge in [0, 0.05) is 17.0 Å². The summed E-state index contributed by atoms with van der Waals surface area (Å²) in [6.45, 7) is 0.318. The highest BCUT2D eigenvalue weighted by Crippen LogP contribution is 2.39. The van der Waals surface area contributed by atoms with Gasteiger partial charge in [0.1, 0.15) is 12.2 Å². The Bertz CT molecular complexity index is 1020. The molecule has 4 heteroatoms. The Morgan fingerprint density at radius 1 is 1.07 bits per heavy atom. The van der Waals surface area contributed by atoms with E-state index in [4.69, 9.17) is 9.15 Å². The van der Waals surface area contributed by atoms with Crippen LogP contribution in [0.2, 0.25) is 0 Å². The minimum atomic E-state index is -0.203. The predicted molar refractivity (Wildman–Crippen MR) is 109 cm³/mol. The third-order valence-electron chi connectivity index (χ3n) is 5.88. The van der Waals surface area contributed by atoms with Gasteiger partial charge in [-0.1, -0.05) is 54.6 Å². The summed E-state index contributed by atoms with van der Waals surface area (Å²) >= 11 is 0. The number of benzene rings is 2. The quantitative estimate of drug-likeness (QED) is 0.584. The van der Waals surface area contributed by atoms with Crippen molar-refractivity contribution in [2.75, 3.05) is 0 Å². The summed E-state index contributed by atoms with van der Waals surface area (Å²) in [5.74, 6) is 0. The lowest BCUT2D eigenvalue weighted by atomic mass is 9.83. The largest absolute Gasteiger partial charge is 0.464 e. The molecule has 2 aliphatic heterocycles. The van der Waals surface area contributed by atoms with Gasteiger partial charge in [0.05, 0.1) is 12.3 Å². The fourth-order valence-electron chi connectivity index (χ4n) is 4.53. The van der Waals surface area contributed by atoms with Gasteiger partial charge in [-0.05, 0) is 42.9 Å². The summed E-state index contributed by atoms with van der Waals surface area (Å²) in [7, 11) is 0. The first kappa shape index (κ1) is 17.1. The van der Waals surface area contributed by atoms with E-state index in [1.54, 1.807) is 0 Å². The smallest absolute Gasteiger partial charge is 0.410 e. The number of carbonyl (C=O) groups excluding carboxylic acids is 1. The van der Waals surface area contributed by atoms with Crippen LogP contribution in [0.1, 0.15) is 36.8 Å². The molecule has 3 aromatic rings. The van der Waals surface area contributed by atoms with Crippen molar-refractivity contribution in [3.05, 3.63) is 78.1 Å². The van der Waals surface area contributed by atoms with Gasteiger partial charge in [-0.3, -0.25) is 4.90 Å². The number of carbonyl (C=O) groups is 1. The molecule has 2 aromatic carbocycles. The summed E-state index contributed by atoms with van der Waals surface area (Å²) < 4.78 is 11.4. The number of ether oxygens (including phenoxy) is 1. The average Bonchev–Trinajstić information content (AvgIpc) is 3.16. The van der Waals surface area contributed by atoms with E-state index < -0.39 is 0 Å². The third kappa shape index (κ3) is 3.09. The van der Waals surface area contributed by atoms with Crippen LogP contribution < -0.4 is 0 Å². The van der Waals surface area contributed by atoms with Crippen LogP contribution in [0.4, 0.5) is 4.79 Å². The van der Waals surface area contributed by atoms with Crippen molar-refractivity contribution in [1.29, 1.82) is 0 Å². The second-order valence-corrected chi connectivity index (χ2v) is 7.64. The SMILES string of the molecule is O=C(OCc1ccccc1)N1C2C=C(c3coc4ccccc34)CC1CCC2. The molecule has 0 N–H and O–H groups in total. The number of amides is 1. The summed E-state index contributed by atoms with van der Waals surface area (Å²) in [5, 5.41) is 1.15. The minimum absolute atomic E-state index is 0.0967. The van der Waals surface area contributed by atoms with Crippen molar-refractivity contribution in [2.45, 2.75) is 44.4 Å². The minimum Gasteiger partial charge on any atom is -0.464 e. The molecule has 1 amide bonds. The highest BCUT2D eigenvalue weighted by Gasteiger charge is 2.38. The van der Waals surface area contributed by atoms with E-state index in [1.807, 2.05) is 59.7 Å². The van der Waals surface area contributed by atoms with Crippen LogP contribution in [-0.4, -0.2) is 23.1 Å². The van der Waals surface area contributed by atoms with Crippen molar-refractivity contribution in [1.82, 2.24) is 4.90 Å². The Kier molecular flexibility index (Phi) is 4.40. The first-order chi connectivity index (χ1) is 13.8. The molecular weight excluding hydrogens is 350 g/mol. The highest BCUT2D eigenvalue weighted by atomic mass is 16.6. The van der Waals surface area contributed by atoms with Crippen molar-refractivity contribution in [3.8, 4) is 0 Å². The molecule has 1 saturated heterocycles. The van der Waals surface area contributed by atoms with Crippen LogP contribution in [0.15, 0.2) is 71.4 Å². The monoisotopic (exact) mass is 373 g/mol. The maximum Gasteiger partial charge on any atom is 0.410 e. The van der Waals surface area contributed by atoms with E-state index in [2.05, 4.69) is 12.1 Å². The predicted octanol–water partition coefficient (Wildman–Crippen LogP) is 5.78. The Morgan fingerprint density at radius 2 is 1.89 bits per heavy atom. The zero-order valence-corrected chi connectivity index (χ0v) is 15.7. The Morgan fingerprint density at radius 3 is 2.75 bits per heavy atom. The van der Waals surface area contributed by atoms with Gasteiger partial charge in [0.15, 0.2) is 0 Å². The Hall–Kier alpha value is -3.01. The zero-order valence-electron chi connectivity index (χ0n) is 15.7. The molecule has 2 bridgehead atoms. The maximum atomic E-state index is 12.8. The van der Waals surface area contributed by atoms with Gasteiger partial charge >= 0.3 is 6.09 Å². The molecule has 5 rings (SSSR count). The van der Waals surface area contributed by atoms with E-state index in [9.17, 15) is 4.79 Å². The molecule has 0 spiro atoms. The molecule has 4 nitrogen and oxygen atoms in total. The number of fused-ring (bicyclic) bond motifs is 3. The van der Waals surface area contributed by atoms with E-state index in [1.165, 1.54) is 5.57 Å². The molecule has 1 fully saturated rings. The zero-order chi connectivity index (χ0) is 18.9. The van der Waals surface area contributed by atoms with Crippen molar-refractivity contribution >= 4 is 22.6 Å². The first-order valence-corrected chi connectivity index (χ1v) is 9.96. The fourth-order valence-corrected chi connectivity index (χ4v) is 4.53. The van der Waals surface area contributed by atoms with Gasteiger partial charge in [-0.25, -0.2) is 4.79 Å². The highest BCUT2D eigenvalue weighted by molar-refractivity contribution is 5.91. The number of hydrogen-bond acceptors (Lipinski definition) is 3. The molecule has 0 aliphatic carbocycles. The first-order valence-electron chi connectivity index (χ1n) is 9.96. The lowest BCUT2D eigenvalue weighted by Gasteiger charge is -2.44. The second kappa shape index (κ2) is 7.19. The maximum absolute atomic E-state index is 12.8. The van der Waals surface area contributed by atoms with Crippen LogP contribution >= 0.6 is 0 Å². The van der Waals surface area contributed by atoms with Gasteiger partial charge in [-0.15, -0.1) is 0 Å². The molecule has 0 saturated carbocycles. The van der Waals surface area contributed by atoms with E-state index in [0.29, 0.717) is 6.61 Å². The second-order valence-electron chi connectivity index (χ2n) is 7.64. The van der Waals surface area contributed by atoms with Crippen molar-refractivity contribution in [2.24, 2.45) is 0 Å². The van der Waals surface area contributed by atoms with Crippen LogP contribution in [0.25, 0.3) is 16.5 Å². The number of para-hydroxylation sites is 1. The molecule has 142 valence electrons. The van der Waals surface area contributed by atoms with Crippen LogP contribution in [0.3, 0.4) is 0 Å². The number of piperidine rings is 1. The standard InChI is InChI=1S/C24H23NO3/c26-24(28-15-17-7-2-1-3-8-17)25-19-9-6-10-20(25)14-18(13-19)22-16-27-23-12-5-4-11-21(22)23/h1-5,7-8,11-13,16,19-20H,6,9-10,14-15H2. The van der Waals surface area contributed by atoms with Crippen LogP contribution in [0, 0.1) is 0 Å². The van der Waals surface area contributed by atoms with Gasteiger partial charge in [-0.2, -0.15) is 0 Å². The molecule has 2 atom stereocenters. The van der Waals surface area contributed by atoms with Gasteiger partial charge in [0.2, 0.25) is 0 Å². The summed E-state index contributed by atoms with van der Waals surface area (Å²) in [6.07, 6.45) is 7.90. The van der Waals surface area contributed by atoms with Crippen molar-refractivity contribution in [3.63, 3.8) is 0 Å². The molecule has 0 radical (unpaired) electrons. The number of nitrogens with zero attached hydrogens (tertiary/aromatic N) is 1. The number of rotatable bonds is 3. The topological polar surface area (TPSA) is 42.7 Å². The van der Waals surface area contributed by atoms with Crippen LogP contribution in [0.5, 0.6) is 0 Å².